The van der Waals surface area contributed by atoms with E-state index in [9.17, 15) is 4.79 Å². The van der Waals surface area contributed by atoms with Gasteiger partial charge in [0.15, 0.2) is 0 Å². The minimum Gasteiger partial charge on any atom is -0.381 e. The van der Waals surface area contributed by atoms with Gasteiger partial charge >= 0.3 is 0 Å². The molecule has 0 aliphatic carbocycles. The lowest BCUT2D eigenvalue weighted by Gasteiger charge is -2.21. The Hall–Kier alpha value is -1.06. The van der Waals surface area contributed by atoms with Crippen LogP contribution in [0.15, 0.2) is 24.3 Å². The molecule has 1 aromatic rings. The topological polar surface area (TPSA) is 38.3 Å². The fourth-order valence-corrected chi connectivity index (χ4v) is 1.93. The van der Waals surface area contributed by atoms with Crippen LogP contribution in [0.2, 0.25) is 5.02 Å². The number of amides is 1. The first-order valence-electron chi connectivity index (χ1n) is 5.40. The van der Waals surface area contributed by atoms with Crippen molar-refractivity contribution >= 4 is 23.2 Å². The van der Waals surface area contributed by atoms with Crippen molar-refractivity contribution in [1.82, 2.24) is 0 Å². The minimum absolute atomic E-state index is 0.00667. The van der Waals surface area contributed by atoms with E-state index in [1.54, 1.807) is 12.1 Å². The second kappa shape index (κ2) is 5.32. The molecule has 1 N–H and O–H groups in total. The van der Waals surface area contributed by atoms with Crippen LogP contribution in [0.25, 0.3) is 0 Å². The molecule has 2 rings (SSSR count). The largest absolute Gasteiger partial charge is 0.381 e. The molecule has 1 aliphatic rings. The van der Waals surface area contributed by atoms with Gasteiger partial charge in [0.1, 0.15) is 0 Å². The van der Waals surface area contributed by atoms with E-state index in [2.05, 4.69) is 5.32 Å². The molecule has 0 aromatic heterocycles. The number of ether oxygens (including phenoxy) is 1. The van der Waals surface area contributed by atoms with Crippen LogP contribution in [0.3, 0.4) is 0 Å². The highest BCUT2D eigenvalue weighted by Gasteiger charge is 2.22. The van der Waals surface area contributed by atoms with Crippen LogP contribution >= 0.6 is 11.6 Å². The maximum absolute atomic E-state index is 11.9. The molecule has 0 bridgehead atoms. The van der Waals surface area contributed by atoms with Crippen LogP contribution < -0.4 is 5.32 Å². The maximum Gasteiger partial charge on any atom is 0.229 e. The first kappa shape index (κ1) is 11.4. The summed E-state index contributed by atoms with van der Waals surface area (Å²) < 4.78 is 5.28. The SMILES string of the molecule is O=C(Nc1ccccc1Cl)C1CCCOC1. The van der Waals surface area contributed by atoms with Crippen molar-refractivity contribution in [1.29, 1.82) is 0 Å². The van der Waals surface area contributed by atoms with Crippen molar-refractivity contribution in [2.75, 3.05) is 18.5 Å². The Kier molecular flexibility index (Phi) is 3.80. The summed E-state index contributed by atoms with van der Waals surface area (Å²) in [7, 11) is 0. The van der Waals surface area contributed by atoms with E-state index in [-0.39, 0.29) is 11.8 Å². The van der Waals surface area contributed by atoms with Crippen molar-refractivity contribution in [2.24, 2.45) is 5.92 Å². The standard InChI is InChI=1S/C12H14ClNO2/c13-10-5-1-2-6-11(10)14-12(15)9-4-3-7-16-8-9/h1-2,5-6,9H,3-4,7-8H2,(H,14,15). The Morgan fingerprint density at radius 1 is 1.44 bits per heavy atom. The third kappa shape index (κ3) is 2.74. The van der Waals surface area contributed by atoms with Gasteiger partial charge in [-0.3, -0.25) is 4.79 Å². The molecule has 1 amide bonds. The second-order valence-corrected chi connectivity index (χ2v) is 4.29. The Morgan fingerprint density at radius 2 is 2.25 bits per heavy atom. The summed E-state index contributed by atoms with van der Waals surface area (Å²) in [6.45, 7) is 1.27. The molecule has 4 heteroatoms. The van der Waals surface area contributed by atoms with Crippen molar-refractivity contribution in [2.45, 2.75) is 12.8 Å². The predicted molar refractivity (Wildman–Crippen MR) is 63.6 cm³/mol. The maximum atomic E-state index is 11.9. The Morgan fingerprint density at radius 3 is 2.94 bits per heavy atom. The molecule has 1 heterocycles. The average molecular weight is 240 g/mol. The van der Waals surface area contributed by atoms with E-state index in [1.165, 1.54) is 0 Å². The highest BCUT2D eigenvalue weighted by atomic mass is 35.5. The average Bonchev–Trinajstić information content (AvgIpc) is 2.33. The quantitative estimate of drug-likeness (QED) is 0.862. The van der Waals surface area contributed by atoms with Crippen LogP contribution in [0.1, 0.15) is 12.8 Å². The predicted octanol–water partition coefficient (Wildman–Crippen LogP) is 2.71. The zero-order chi connectivity index (χ0) is 11.4. The fourth-order valence-electron chi connectivity index (χ4n) is 1.74. The molecule has 1 atom stereocenters. The van der Waals surface area contributed by atoms with Crippen LogP contribution in [-0.2, 0) is 9.53 Å². The van der Waals surface area contributed by atoms with Gasteiger partial charge in [-0.1, -0.05) is 23.7 Å². The molecular weight excluding hydrogens is 226 g/mol. The molecule has 3 nitrogen and oxygen atoms in total. The smallest absolute Gasteiger partial charge is 0.229 e. The van der Waals surface area contributed by atoms with Crippen molar-refractivity contribution in [3.8, 4) is 0 Å². The zero-order valence-corrected chi connectivity index (χ0v) is 9.67. The van der Waals surface area contributed by atoms with Crippen LogP contribution in [0.4, 0.5) is 5.69 Å². The van der Waals surface area contributed by atoms with Crippen LogP contribution in [0, 0.1) is 5.92 Å². The lowest BCUT2D eigenvalue weighted by Crippen LogP contribution is -2.30. The van der Waals surface area contributed by atoms with Gasteiger partial charge < -0.3 is 10.1 Å². The summed E-state index contributed by atoms with van der Waals surface area (Å²) >= 11 is 5.96. The van der Waals surface area contributed by atoms with Crippen molar-refractivity contribution in [3.63, 3.8) is 0 Å². The molecule has 1 aliphatic heterocycles. The Balaban J connectivity index is 1.99. The highest BCUT2D eigenvalue weighted by Crippen LogP contribution is 2.22. The number of hydrogen-bond acceptors (Lipinski definition) is 2. The molecule has 0 spiro atoms. The van der Waals surface area contributed by atoms with Gasteiger partial charge in [0.05, 0.1) is 23.2 Å². The molecule has 0 radical (unpaired) electrons. The van der Waals surface area contributed by atoms with Gasteiger partial charge in [-0.05, 0) is 25.0 Å². The molecule has 1 saturated heterocycles. The third-order valence-corrected chi connectivity index (χ3v) is 2.99. The van der Waals surface area contributed by atoms with Gasteiger partial charge in [0, 0.05) is 6.61 Å². The summed E-state index contributed by atoms with van der Waals surface area (Å²) in [6, 6.07) is 7.24. The molecule has 1 aromatic carbocycles. The van der Waals surface area contributed by atoms with Crippen molar-refractivity contribution in [3.05, 3.63) is 29.3 Å². The van der Waals surface area contributed by atoms with E-state index in [1.807, 2.05) is 12.1 Å². The monoisotopic (exact) mass is 239 g/mol. The van der Waals surface area contributed by atoms with Gasteiger partial charge in [-0.2, -0.15) is 0 Å². The summed E-state index contributed by atoms with van der Waals surface area (Å²) in [5.41, 5.74) is 0.666. The number of carbonyl (C=O) groups is 1. The van der Waals surface area contributed by atoms with Gasteiger partial charge in [0.2, 0.25) is 5.91 Å². The number of anilines is 1. The molecule has 1 fully saturated rings. The molecule has 1 unspecified atom stereocenters. The number of para-hydroxylation sites is 1. The molecular formula is C12H14ClNO2. The van der Waals surface area contributed by atoms with Gasteiger partial charge in [-0.25, -0.2) is 0 Å². The first-order valence-corrected chi connectivity index (χ1v) is 5.78. The lowest BCUT2D eigenvalue weighted by atomic mass is 10.0. The summed E-state index contributed by atoms with van der Waals surface area (Å²) in [5, 5.41) is 3.39. The normalized spacial score (nSPS) is 20.4. The van der Waals surface area contributed by atoms with Crippen LogP contribution in [-0.4, -0.2) is 19.1 Å². The minimum atomic E-state index is -0.0509. The first-order chi connectivity index (χ1) is 7.77. The van der Waals surface area contributed by atoms with Crippen LogP contribution in [0.5, 0.6) is 0 Å². The third-order valence-electron chi connectivity index (χ3n) is 2.66. The number of carbonyl (C=O) groups excluding carboxylic acids is 1. The number of halogens is 1. The highest BCUT2D eigenvalue weighted by molar-refractivity contribution is 6.33. The molecule has 86 valence electrons. The molecule has 0 saturated carbocycles. The number of rotatable bonds is 2. The zero-order valence-electron chi connectivity index (χ0n) is 8.91. The summed E-state index contributed by atoms with van der Waals surface area (Å²) in [4.78, 5) is 11.9. The Labute approximate surface area is 99.7 Å². The second-order valence-electron chi connectivity index (χ2n) is 3.88. The van der Waals surface area contributed by atoms with E-state index in [4.69, 9.17) is 16.3 Å². The lowest BCUT2D eigenvalue weighted by molar-refractivity contribution is -0.123. The van der Waals surface area contributed by atoms with Gasteiger partial charge in [0.25, 0.3) is 0 Å². The van der Waals surface area contributed by atoms with Crippen molar-refractivity contribution < 1.29 is 9.53 Å². The number of hydrogen-bond donors (Lipinski definition) is 1. The van der Waals surface area contributed by atoms with Gasteiger partial charge in [-0.15, -0.1) is 0 Å². The van der Waals surface area contributed by atoms with E-state index >= 15 is 0 Å². The Bertz CT molecular complexity index is 375. The summed E-state index contributed by atoms with van der Waals surface area (Å²) in [6.07, 6.45) is 1.83. The van der Waals surface area contributed by atoms with E-state index in [0.29, 0.717) is 17.3 Å². The van der Waals surface area contributed by atoms with E-state index in [0.717, 1.165) is 19.4 Å². The number of benzene rings is 1. The summed E-state index contributed by atoms with van der Waals surface area (Å²) in [5.74, 6) is -0.0576. The fraction of sp³-hybridized carbons (Fsp3) is 0.417. The van der Waals surface area contributed by atoms with E-state index < -0.39 is 0 Å². The molecule has 16 heavy (non-hydrogen) atoms. The number of nitrogens with one attached hydrogen (secondary N) is 1.